The van der Waals surface area contributed by atoms with E-state index < -0.39 is 90.9 Å². The molecule has 1 aromatic carbocycles. The van der Waals surface area contributed by atoms with Crippen LogP contribution in [-0.2, 0) is 41.7 Å². The number of fused-ring (bicyclic) bond motifs is 5. The summed E-state index contributed by atoms with van der Waals surface area (Å²) in [6.45, 7) is 6.14. The first-order valence-corrected chi connectivity index (χ1v) is 21.7. The molecule has 7 rings (SSSR count). The summed E-state index contributed by atoms with van der Waals surface area (Å²) in [6.07, 6.45) is 0.932. The Hall–Kier alpha value is -4.32. The lowest BCUT2D eigenvalue weighted by Gasteiger charge is -2.37. The highest BCUT2D eigenvalue weighted by Gasteiger charge is 2.64. The number of benzene rings is 1. The molecule has 1 unspecified atom stereocenters. The molecular formula is C40H49ClF3N5O9S. The van der Waals surface area contributed by atoms with E-state index in [1.54, 1.807) is 26.8 Å². The van der Waals surface area contributed by atoms with Crippen LogP contribution in [0.2, 0.25) is 5.02 Å². The largest absolute Gasteiger partial charge is 0.497 e. The van der Waals surface area contributed by atoms with Crippen molar-refractivity contribution in [2.45, 2.75) is 138 Å². The zero-order chi connectivity index (χ0) is 42.9. The molecule has 1 spiro atoms. The molecule has 4 amide bonds. The number of alkyl carbamates (subject to hydrolysis) is 1. The van der Waals surface area contributed by atoms with Crippen molar-refractivity contribution in [2.24, 2.45) is 5.92 Å². The molecule has 59 heavy (non-hydrogen) atoms. The molecule has 4 heterocycles. The molecule has 2 saturated carbocycles. The summed E-state index contributed by atoms with van der Waals surface area (Å²) in [6, 6.07) is 0.263. The predicted molar refractivity (Wildman–Crippen MR) is 209 cm³/mol. The highest BCUT2D eigenvalue weighted by atomic mass is 35.5. The number of nitrogens with one attached hydrogen (secondary N) is 3. The van der Waals surface area contributed by atoms with E-state index in [2.05, 4.69) is 20.3 Å². The average molecular weight is 868 g/mol. The number of hydrogen-bond acceptors (Lipinski definition) is 10. The summed E-state index contributed by atoms with van der Waals surface area (Å²) in [7, 11) is -2.72. The van der Waals surface area contributed by atoms with Crippen molar-refractivity contribution in [1.29, 1.82) is 0 Å². The monoisotopic (exact) mass is 867 g/mol. The Balaban J connectivity index is 1.28. The fourth-order valence-electron chi connectivity index (χ4n) is 8.32. The van der Waals surface area contributed by atoms with Crippen LogP contribution in [-0.4, -0.2) is 89.3 Å². The highest BCUT2D eigenvalue weighted by Crippen LogP contribution is 2.51. The number of amides is 4. The number of allylic oxidation sites excluding steroid dienone is 1. The van der Waals surface area contributed by atoms with Gasteiger partial charge in [-0.05, 0) is 85.1 Å². The predicted octanol–water partition coefficient (Wildman–Crippen LogP) is 5.87. The van der Waals surface area contributed by atoms with E-state index in [1.165, 1.54) is 31.1 Å². The maximum absolute atomic E-state index is 14.8. The fraction of sp³-hybridized carbons (Fsp3) is 0.625. The summed E-state index contributed by atoms with van der Waals surface area (Å²) in [5.74, 6) is -3.31. The van der Waals surface area contributed by atoms with Crippen LogP contribution in [0, 0.1) is 5.92 Å². The number of aromatic nitrogens is 1. The van der Waals surface area contributed by atoms with Gasteiger partial charge in [0.25, 0.3) is 5.91 Å². The minimum atomic E-state index is -5.00. The normalized spacial score (nSPS) is 28.8. The van der Waals surface area contributed by atoms with E-state index in [-0.39, 0.29) is 65.9 Å². The van der Waals surface area contributed by atoms with Crippen LogP contribution in [0.25, 0.3) is 10.9 Å². The van der Waals surface area contributed by atoms with Gasteiger partial charge < -0.3 is 29.7 Å². The lowest BCUT2D eigenvalue weighted by atomic mass is 9.87. The van der Waals surface area contributed by atoms with Gasteiger partial charge in [0.2, 0.25) is 21.8 Å². The lowest BCUT2D eigenvalue weighted by molar-refractivity contribution is -0.144. The van der Waals surface area contributed by atoms with Crippen molar-refractivity contribution >= 4 is 56.3 Å². The number of ether oxygens (including phenoxy) is 3. The van der Waals surface area contributed by atoms with Gasteiger partial charge in [-0.2, -0.15) is 13.2 Å². The molecule has 2 aromatic rings. The first-order chi connectivity index (χ1) is 27.5. The second-order valence-corrected chi connectivity index (χ2v) is 20.3. The summed E-state index contributed by atoms with van der Waals surface area (Å²) in [4.78, 5) is 61.5. The summed E-state index contributed by atoms with van der Waals surface area (Å²) in [5, 5.41) is 5.66. The van der Waals surface area contributed by atoms with Gasteiger partial charge in [0.05, 0.1) is 28.9 Å². The number of alkyl halides is 3. The molecule has 3 fully saturated rings. The van der Waals surface area contributed by atoms with Gasteiger partial charge in [-0.3, -0.25) is 19.1 Å². The number of carbonyl (C=O) groups excluding carboxylic acids is 4. The van der Waals surface area contributed by atoms with Crippen LogP contribution in [0.15, 0.2) is 24.3 Å². The molecule has 5 atom stereocenters. The van der Waals surface area contributed by atoms with Crippen LogP contribution in [0.4, 0.5) is 18.0 Å². The zero-order valence-electron chi connectivity index (χ0n) is 33.5. The van der Waals surface area contributed by atoms with Gasteiger partial charge in [0, 0.05) is 29.4 Å². The van der Waals surface area contributed by atoms with Crippen molar-refractivity contribution in [3.05, 3.63) is 40.6 Å². The Kier molecular flexibility index (Phi) is 10.9. The molecule has 322 valence electrons. The van der Waals surface area contributed by atoms with E-state index >= 15 is 0 Å². The quantitative estimate of drug-likeness (QED) is 0.308. The van der Waals surface area contributed by atoms with Crippen molar-refractivity contribution in [3.63, 3.8) is 0 Å². The maximum atomic E-state index is 14.8. The molecule has 19 heteroatoms. The van der Waals surface area contributed by atoms with Crippen molar-refractivity contribution < 1.29 is 55.0 Å². The number of halogens is 4. The third-order valence-corrected chi connectivity index (χ3v) is 14.5. The van der Waals surface area contributed by atoms with Gasteiger partial charge in [0.15, 0.2) is 11.4 Å². The van der Waals surface area contributed by atoms with Gasteiger partial charge in [0.1, 0.15) is 34.6 Å². The SMILES string of the molecule is COc1cc(Cl)c2nc(C(F)(F)F)c3c(c2c1)CC[C@]1(CC2C(=O)N[C@]4(C(=O)NS(=O)(=O)C5(C)CC5)C[C@H]4/C=C\CCCCC[C@H](NC(=O)OC(C)(C)C)C(=O)N2C1)O3. The van der Waals surface area contributed by atoms with E-state index in [4.69, 9.17) is 25.8 Å². The lowest BCUT2D eigenvalue weighted by Crippen LogP contribution is -2.58. The second kappa shape index (κ2) is 15.0. The van der Waals surface area contributed by atoms with Gasteiger partial charge >= 0.3 is 12.3 Å². The molecule has 5 aliphatic rings. The van der Waals surface area contributed by atoms with Crippen LogP contribution >= 0.6 is 11.6 Å². The van der Waals surface area contributed by atoms with Gasteiger partial charge in [-0.25, -0.2) is 18.2 Å². The number of nitrogens with zero attached hydrogens (tertiary/aromatic N) is 2. The summed E-state index contributed by atoms with van der Waals surface area (Å²) < 4.78 is 89.1. The Labute approximate surface area is 345 Å². The maximum Gasteiger partial charge on any atom is 0.437 e. The molecular weight excluding hydrogens is 819 g/mol. The van der Waals surface area contributed by atoms with Crippen LogP contribution in [0.1, 0.15) is 103 Å². The van der Waals surface area contributed by atoms with E-state index in [1.807, 2.05) is 6.08 Å². The molecule has 2 aliphatic carbocycles. The topological polar surface area (TPSA) is 182 Å². The number of methoxy groups -OCH3 is 1. The van der Waals surface area contributed by atoms with Gasteiger partial charge in [-0.15, -0.1) is 0 Å². The molecule has 1 aromatic heterocycles. The molecule has 14 nitrogen and oxygen atoms in total. The fourth-order valence-corrected chi connectivity index (χ4v) is 9.89. The van der Waals surface area contributed by atoms with E-state index in [9.17, 15) is 40.8 Å². The minimum absolute atomic E-state index is 0.00667. The van der Waals surface area contributed by atoms with Crippen LogP contribution in [0.3, 0.4) is 0 Å². The number of sulfonamides is 1. The first-order valence-electron chi connectivity index (χ1n) is 19.8. The van der Waals surface area contributed by atoms with E-state index in [0.717, 1.165) is 0 Å². The molecule has 0 bridgehead atoms. The van der Waals surface area contributed by atoms with E-state index in [0.29, 0.717) is 38.5 Å². The second-order valence-electron chi connectivity index (χ2n) is 17.7. The van der Waals surface area contributed by atoms with Crippen molar-refractivity contribution in [3.8, 4) is 11.5 Å². The number of hydrogen-bond donors (Lipinski definition) is 3. The highest BCUT2D eigenvalue weighted by molar-refractivity contribution is 7.91. The number of rotatable bonds is 5. The first kappa shape index (κ1) is 42.8. The number of carbonyl (C=O) groups is 4. The van der Waals surface area contributed by atoms with Crippen molar-refractivity contribution in [2.75, 3.05) is 13.7 Å². The minimum Gasteiger partial charge on any atom is -0.497 e. The third-order valence-electron chi connectivity index (χ3n) is 12.0. The third kappa shape index (κ3) is 8.40. The Morgan fingerprint density at radius 1 is 1.08 bits per heavy atom. The molecule has 3 N–H and O–H groups in total. The molecule has 1 saturated heterocycles. The Morgan fingerprint density at radius 2 is 1.81 bits per heavy atom. The van der Waals surface area contributed by atoms with Crippen molar-refractivity contribution in [1.82, 2.24) is 25.2 Å². The summed E-state index contributed by atoms with van der Waals surface area (Å²) in [5.41, 5.74) is -5.41. The Bertz CT molecular complexity index is 2230. The zero-order valence-corrected chi connectivity index (χ0v) is 35.1. The smallest absolute Gasteiger partial charge is 0.437 e. The number of aryl methyl sites for hydroxylation is 1. The molecule has 0 radical (unpaired) electrons. The number of pyridine rings is 1. The standard InChI is InChI=1S/C40H49ClF3N5O9S/c1-36(2,3)58-35(53)45-27-12-10-8-6-7-9-11-22-19-39(22,34(52)48-59(54,55)37(4)15-16-37)47-32(50)28-20-38(21-49(28)33(27)51)14-13-24-25-17-23(56-5)18-26(41)29(25)46-31(30(24)57-38)40(42,43)44/h9,11,17-18,22,27-28H,6-8,10,12-16,19-21H2,1-5H3,(H,45,53)(H,47,50)(H,48,52)/b11-9-/t22-,27+,28?,38-,39-/m1/s1. The average Bonchev–Trinajstić information content (AvgIpc) is 4.03. The Morgan fingerprint density at radius 3 is 2.47 bits per heavy atom. The molecule has 3 aliphatic heterocycles. The van der Waals surface area contributed by atoms with Crippen LogP contribution in [0.5, 0.6) is 11.5 Å². The van der Waals surface area contributed by atoms with Crippen LogP contribution < -0.4 is 24.8 Å². The summed E-state index contributed by atoms with van der Waals surface area (Å²) >= 11 is 6.40. The van der Waals surface area contributed by atoms with Gasteiger partial charge in [-0.1, -0.05) is 36.6 Å².